The molecule has 2 aromatic heterocycles. The first-order valence-corrected chi connectivity index (χ1v) is 11.7. The number of fused-ring (bicyclic) bond motifs is 2. The predicted octanol–water partition coefficient (Wildman–Crippen LogP) is 2.21. The van der Waals surface area contributed by atoms with Crippen LogP contribution in [-0.4, -0.2) is 55.8 Å². The Kier molecular flexibility index (Phi) is 5.32. The molecule has 1 N–H and O–H groups in total. The quantitative estimate of drug-likeness (QED) is 0.816. The number of aromatic nitrogens is 3. The Morgan fingerprint density at radius 1 is 1.10 bits per heavy atom. The molecule has 0 radical (unpaired) electrons. The molecule has 0 atom stereocenters. The zero-order valence-electron chi connectivity index (χ0n) is 18.2. The smallest absolute Gasteiger partial charge is 0.277 e. The summed E-state index contributed by atoms with van der Waals surface area (Å²) in [5, 5.41) is 3.28. The van der Waals surface area contributed by atoms with Gasteiger partial charge in [-0.2, -0.15) is 0 Å². The van der Waals surface area contributed by atoms with E-state index in [0.717, 1.165) is 50.2 Å². The Morgan fingerprint density at radius 3 is 2.55 bits per heavy atom. The predicted molar refractivity (Wildman–Crippen MR) is 116 cm³/mol. The minimum Gasteiger partial charge on any atom is -0.342 e. The summed E-state index contributed by atoms with van der Waals surface area (Å²) < 4.78 is 1.53. The number of H-pyrrole nitrogens is 1. The molecule has 1 saturated carbocycles. The fraction of sp³-hybridized carbons (Fsp3) is 0.652. The first-order chi connectivity index (χ1) is 15.0. The van der Waals surface area contributed by atoms with Crippen LogP contribution in [0.15, 0.2) is 10.9 Å². The van der Waals surface area contributed by atoms with Gasteiger partial charge in [0.05, 0.1) is 17.8 Å². The van der Waals surface area contributed by atoms with E-state index in [0.29, 0.717) is 49.0 Å². The fourth-order valence-corrected chi connectivity index (χ4v) is 5.49. The van der Waals surface area contributed by atoms with Gasteiger partial charge in [-0.25, -0.2) is 9.50 Å². The lowest BCUT2D eigenvalue weighted by Crippen LogP contribution is -2.41. The van der Waals surface area contributed by atoms with E-state index in [2.05, 4.69) is 5.10 Å². The molecule has 2 amide bonds. The second-order valence-electron chi connectivity index (χ2n) is 9.25. The zero-order valence-corrected chi connectivity index (χ0v) is 18.2. The average molecular weight is 426 g/mol. The number of likely N-dealkylation sites (tertiary alicyclic amines) is 1. The lowest BCUT2D eigenvalue weighted by atomic mass is 9.92. The molecule has 0 aromatic carbocycles. The molecule has 8 nitrogen and oxygen atoms in total. The topological polar surface area (TPSA) is 90.8 Å². The number of hydrogen-bond acceptors (Lipinski definition) is 4. The van der Waals surface area contributed by atoms with E-state index in [-0.39, 0.29) is 17.4 Å². The number of nitrogens with zero attached hydrogens (tertiary/aromatic N) is 4. The van der Waals surface area contributed by atoms with Gasteiger partial charge in [0.25, 0.3) is 5.56 Å². The molecule has 1 aliphatic carbocycles. The third-order valence-electron chi connectivity index (χ3n) is 7.39. The summed E-state index contributed by atoms with van der Waals surface area (Å²) in [6.07, 6.45) is 7.31. The SMILES string of the molecule is CCC(=O)N1CCc2nc3cc(C4CCN(C(=O)C5CCCC5)CC4)[nH]n3c(=O)c2C1. The number of carbonyl (C=O) groups is 2. The molecule has 1 saturated heterocycles. The molecule has 5 rings (SSSR count). The summed E-state index contributed by atoms with van der Waals surface area (Å²) in [4.78, 5) is 46.4. The Labute approximate surface area is 181 Å². The minimum atomic E-state index is -0.103. The molecular weight excluding hydrogens is 394 g/mol. The molecule has 2 aliphatic heterocycles. The molecule has 8 heteroatoms. The van der Waals surface area contributed by atoms with Crippen LogP contribution in [0.5, 0.6) is 0 Å². The van der Waals surface area contributed by atoms with Crippen LogP contribution < -0.4 is 5.56 Å². The van der Waals surface area contributed by atoms with Crippen molar-refractivity contribution < 1.29 is 9.59 Å². The second-order valence-corrected chi connectivity index (χ2v) is 9.25. The minimum absolute atomic E-state index is 0.0706. The van der Waals surface area contributed by atoms with Gasteiger partial charge in [-0.1, -0.05) is 19.8 Å². The molecule has 2 fully saturated rings. The van der Waals surface area contributed by atoms with Crippen molar-refractivity contribution in [3.8, 4) is 0 Å². The molecule has 4 heterocycles. The van der Waals surface area contributed by atoms with Gasteiger partial charge in [-0.3, -0.25) is 19.5 Å². The standard InChI is InChI=1S/C23H31N5O3/c1-2-21(29)27-12-9-18-17(14-27)23(31)28-20(24-18)13-19(25-28)15-7-10-26(11-8-15)22(30)16-5-3-4-6-16/h13,15-16,25H,2-12,14H2,1H3. The summed E-state index contributed by atoms with van der Waals surface area (Å²) in [5.74, 6) is 0.937. The monoisotopic (exact) mass is 425 g/mol. The average Bonchev–Trinajstić information content (AvgIpc) is 3.49. The third-order valence-corrected chi connectivity index (χ3v) is 7.39. The lowest BCUT2D eigenvalue weighted by Gasteiger charge is -2.33. The van der Waals surface area contributed by atoms with Gasteiger partial charge in [0, 0.05) is 56.1 Å². The van der Waals surface area contributed by atoms with Crippen molar-refractivity contribution in [2.75, 3.05) is 19.6 Å². The van der Waals surface area contributed by atoms with Gasteiger partial charge >= 0.3 is 0 Å². The van der Waals surface area contributed by atoms with Crippen molar-refractivity contribution in [3.05, 3.63) is 33.4 Å². The Bertz CT molecular complexity index is 1060. The van der Waals surface area contributed by atoms with E-state index in [1.807, 2.05) is 17.9 Å². The highest BCUT2D eigenvalue weighted by Gasteiger charge is 2.31. The van der Waals surface area contributed by atoms with Crippen molar-refractivity contribution in [1.82, 2.24) is 24.4 Å². The van der Waals surface area contributed by atoms with Gasteiger partial charge in [0.1, 0.15) is 0 Å². The number of rotatable bonds is 3. The number of amides is 2. The summed E-state index contributed by atoms with van der Waals surface area (Å²) in [6, 6.07) is 1.99. The van der Waals surface area contributed by atoms with Gasteiger partial charge in [0.15, 0.2) is 5.65 Å². The summed E-state index contributed by atoms with van der Waals surface area (Å²) >= 11 is 0. The van der Waals surface area contributed by atoms with Gasteiger partial charge in [-0.05, 0) is 25.7 Å². The van der Waals surface area contributed by atoms with E-state index in [9.17, 15) is 14.4 Å². The number of piperidine rings is 1. The lowest BCUT2D eigenvalue weighted by molar-refractivity contribution is -0.136. The van der Waals surface area contributed by atoms with Crippen molar-refractivity contribution in [1.29, 1.82) is 0 Å². The normalized spacial score (nSPS) is 20.4. The van der Waals surface area contributed by atoms with Crippen LogP contribution >= 0.6 is 0 Å². The van der Waals surface area contributed by atoms with Crippen molar-refractivity contribution >= 4 is 17.5 Å². The molecule has 0 unspecified atom stereocenters. The Morgan fingerprint density at radius 2 is 1.84 bits per heavy atom. The fourth-order valence-electron chi connectivity index (χ4n) is 5.49. The molecule has 0 bridgehead atoms. The van der Waals surface area contributed by atoms with Crippen molar-refractivity contribution in [2.24, 2.45) is 5.92 Å². The highest BCUT2D eigenvalue weighted by molar-refractivity contribution is 5.79. The summed E-state index contributed by atoms with van der Waals surface area (Å²) in [5.41, 5.74) is 3.00. The van der Waals surface area contributed by atoms with E-state index in [4.69, 9.17) is 4.98 Å². The molecule has 3 aliphatic rings. The summed E-state index contributed by atoms with van der Waals surface area (Å²) in [7, 11) is 0. The number of aromatic amines is 1. The highest BCUT2D eigenvalue weighted by atomic mass is 16.2. The first kappa shape index (κ1) is 20.3. The first-order valence-electron chi connectivity index (χ1n) is 11.7. The molecule has 166 valence electrons. The van der Waals surface area contributed by atoms with E-state index >= 15 is 0 Å². The number of hydrogen-bond donors (Lipinski definition) is 1. The van der Waals surface area contributed by atoms with Crippen LogP contribution in [0.3, 0.4) is 0 Å². The molecule has 2 aromatic rings. The van der Waals surface area contributed by atoms with Crippen LogP contribution in [0, 0.1) is 5.92 Å². The second kappa shape index (κ2) is 8.13. The van der Waals surface area contributed by atoms with E-state index in [1.165, 1.54) is 17.4 Å². The Hall–Kier alpha value is -2.64. The van der Waals surface area contributed by atoms with Crippen LogP contribution in [0.25, 0.3) is 5.65 Å². The third kappa shape index (κ3) is 3.66. The maximum atomic E-state index is 13.1. The molecular formula is C23H31N5O3. The highest BCUT2D eigenvalue weighted by Crippen LogP contribution is 2.31. The largest absolute Gasteiger partial charge is 0.342 e. The van der Waals surface area contributed by atoms with Gasteiger partial charge < -0.3 is 9.80 Å². The molecule has 0 spiro atoms. The summed E-state index contributed by atoms with van der Waals surface area (Å²) in [6.45, 7) is 4.36. The maximum Gasteiger partial charge on any atom is 0.277 e. The zero-order chi connectivity index (χ0) is 21.5. The maximum absolute atomic E-state index is 13.1. The van der Waals surface area contributed by atoms with E-state index in [1.54, 1.807) is 4.90 Å². The van der Waals surface area contributed by atoms with Gasteiger partial charge in [0.2, 0.25) is 11.8 Å². The Balaban J connectivity index is 1.33. The van der Waals surface area contributed by atoms with Crippen LogP contribution in [0.2, 0.25) is 0 Å². The van der Waals surface area contributed by atoms with Crippen LogP contribution in [0.4, 0.5) is 0 Å². The van der Waals surface area contributed by atoms with Crippen molar-refractivity contribution in [2.45, 2.75) is 70.8 Å². The van der Waals surface area contributed by atoms with Crippen LogP contribution in [-0.2, 0) is 22.6 Å². The van der Waals surface area contributed by atoms with E-state index < -0.39 is 0 Å². The number of carbonyl (C=O) groups excluding carboxylic acids is 2. The number of nitrogens with one attached hydrogen (secondary N) is 1. The molecule has 31 heavy (non-hydrogen) atoms. The van der Waals surface area contributed by atoms with Crippen molar-refractivity contribution in [3.63, 3.8) is 0 Å². The van der Waals surface area contributed by atoms with Crippen LogP contribution in [0.1, 0.15) is 74.7 Å². The van der Waals surface area contributed by atoms with Gasteiger partial charge in [-0.15, -0.1) is 0 Å².